The maximum absolute atomic E-state index is 6.32. The van der Waals surface area contributed by atoms with Gasteiger partial charge in [0.2, 0.25) is 0 Å². The molecule has 0 atom stereocenters. The van der Waals surface area contributed by atoms with Gasteiger partial charge in [-0.2, -0.15) is 0 Å². The molecule has 26 heavy (non-hydrogen) atoms. The molecule has 1 rings (SSSR count). The molecule has 0 radical (unpaired) electrons. The molecule has 0 aliphatic heterocycles. The molecule has 0 N–H and O–H groups in total. The largest absolute Gasteiger partial charge is 0.466 e. The summed E-state index contributed by atoms with van der Waals surface area (Å²) in [6.45, 7) is 19.7. The number of rotatable bonds is 9. The number of halogens is 2. The van der Waals surface area contributed by atoms with Gasteiger partial charge in [0.15, 0.2) is 15.1 Å². The van der Waals surface area contributed by atoms with Crippen LogP contribution in [0.1, 0.15) is 26.3 Å². The van der Waals surface area contributed by atoms with Crippen molar-refractivity contribution in [1.29, 1.82) is 0 Å². The van der Waals surface area contributed by atoms with Crippen molar-refractivity contribution in [2.24, 2.45) is 0 Å². The van der Waals surface area contributed by atoms with Gasteiger partial charge < -0.3 is 13.9 Å². The summed E-state index contributed by atoms with van der Waals surface area (Å²) >= 11 is 9.92. The van der Waals surface area contributed by atoms with Crippen LogP contribution in [0.3, 0.4) is 0 Å². The van der Waals surface area contributed by atoms with Crippen LogP contribution in [-0.2, 0) is 15.8 Å². The predicted molar refractivity (Wildman–Crippen MR) is 121 cm³/mol. The third-order valence-corrected chi connectivity index (χ3v) is 12.1. The molecule has 0 aliphatic rings. The third-order valence-electron chi connectivity index (χ3n) is 4.77. The Hall–Kier alpha value is 0.144. The summed E-state index contributed by atoms with van der Waals surface area (Å²) in [5, 5.41) is 0.806. The Morgan fingerprint density at radius 1 is 1.08 bits per heavy atom. The summed E-state index contributed by atoms with van der Waals surface area (Å²) in [7, 11) is -2.91. The van der Waals surface area contributed by atoms with Crippen molar-refractivity contribution in [3.8, 4) is 5.75 Å². The fourth-order valence-corrected chi connectivity index (χ4v) is 4.24. The van der Waals surface area contributed by atoms with Crippen LogP contribution < -0.4 is 4.74 Å². The van der Waals surface area contributed by atoms with E-state index in [-0.39, 0.29) is 11.8 Å². The fraction of sp³-hybridized carbons (Fsp3) is 0.684. The maximum atomic E-state index is 6.32. The molecule has 0 amide bonds. The van der Waals surface area contributed by atoms with Gasteiger partial charge in [0.05, 0.1) is 11.1 Å². The van der Waals surface area contributed by atoms with E-state index in [0.717, 1.165) is 22.7 Å². The summed E-state index contributed by atoms with van der Waals surface area (Å²) < 4.78 is 18.6. The van der Waals surface area contributed by atoms with Crippen LogP contribution in [0, 0.1) is 0 Å². The molecule has 1 aromatic carbocycles. The van der Waals surface area contributed by atoms with Crippen LogP contribution in [0.25, 0.3) is 0 Å². The monoisotopic (exact) mass is 480 g/mol. The molecule has 0 fully saturated rings. The van der Waals surface area contributed by atoms with Gasteiger partial charge in [-0.1, -0.05) is 52.0 Å². The molecule has 3 nitrogen and oxygen atoms in total. The van der Waals surface area contributed by atoms with Gasteiger partial charge in [0.25, 0.3) is 0 Å². The van der Waals surface area contributed by atoms with E-state index < -0.39 is 16.4 Å². The average Bonchev–Trinajstić information content (AvgIpc) is 2.46. The zero-order valence-corrected chi connectivity index (χ0v) is 21.8. The molecule has 1 aromatic rings. The standard InChI is InChI=1S/C19H34BrClO3Si2/c1-19(2,3)26(7,8)24-13-15-11-16(21)12-17(18(15)20)23-14-22-9-10-25(4,5)6/h11-12H,9-10,13-14H2,1-8H3. The molecule has 150 valence electrons. The normalized spacial score (nSPS) is 13.2. The molecule has 0 aromatic heterocycles. The van der Waals surface area contributed by atoms with Crippen molar-refractivity contribution in [3.05, 3.63) is 27.2 Å². The number of hydrogen-bond donors (Lipinski definition) is 0. The van der Waals surface area contributed by atoms with Gasteiger partial charge in [-0.05, 0) is 51.7 Å². The lowest BCUT2D eigenvalue weighted by atomic mass is 10.2. The summed E-state index contributed by atoms with van der Waals surface area (Å²) in [5.41, 5.74) is 0.999. The lowest BCUT2D eigenvalue weighted by molar-refractivity contribution is 0.0215. The first-order valence-corrected chi connectivity index (χ1v) is 16.8. The van der Waals surface area contributed by atoms with E-state index in [1.807, 2.05) is 12.1 Å². The van der Waals surface area contributed by atoms with Gasteiger partial charge in [0.1, 0.15) is 5.75 Å². The molecule has 0 spiro atoms. The Morgan fingerprint density at radius 3 is 2.23 bits per heavy atom. The summed E-state index contributed by atoms with van der Waals surface area (Å²) in [4.78, 5) is 0. The van der Waals surface area contributed by atoms with Gasteiger partial charge in [-0.3, -0.25) is 0 Å². The highest BCUT2D eigenvalue weighted by Crippen LogP contribution is 2.39. The SMILES string of the molecule is CC(C)(C)[Si](C)(C)OCc1cc(Cl)cc(OCOCC[Si](C)(C)C)c1Br. The second kappa shape index (κ2) is 9.57. The molecule has 0 bridgehead atoms. The molecule has 0 unspecified atom stereocenters. The van der Waals surface area contributed by atoms with Crippen molar-refractivity contribution >= 4 is 43.9 Å². The van der Waals surface area contributed by atoms with Crippen molar-refractivity contribution in [1.82, 2.24) is 0 Å². The predicted octanol–water partition coefficient (Wildman–Crippen LogP) is 7.32. The molecule has 0 saturated carbocycles. The van der Waals surface area contributed by atoms with Gasteiger partial charge in [-0.15, -0.1) is 0 Å². The van der Waals surface area contributed by atoms with Gasteiger partial charge in [0, 0.05) is 25.8 Å². The highest BCUT2D eigenvalue weighted by Gasteiger charge is 2.37. The minimum atomic E-state index is -1.83. The van der Waals surface area contributed by atoms with Crippen molar-refractivity contribution in [3.63, 3.8) is 0 Å². The van der Waals surface area contributed by atoms with E-state index in [9.17, 15) is 0 Å². The molecule has 0 aliphatic carbocycles. The highest BCUT2D eigenvalue weighted by atomic mass is 79.9. The van der Waals surface area contributed by atoms with E-state index in [4.69, 9.17) is 25.5 Å². The maximum Gasteiger partial charge on any atom is 0.192 e. The van der Waals surface area contributed by atoms with Crippen LogP contribution in [0.4, 0.5) is 0 Å². The summed E-state index contributed by atoms with van der Waals surface area (Å²) in [6, 6.07) is 4.86. The van der Waals surface area contributed by atoms with Crippen LogP contribution in [0.15, 0.2) is 16.6 Å². The number of benzene rings is 1. The Labute approximate surface area is 175 Å². The van der Waals surface area contributed by atoms with Crippen LogP contribution in [-0.4, -0.2) is 29.8 Å². The van der Waals surface area contributed by atoms with Gasteiger partial charge >= 0.3 is 0 Å². The third kappa shape index (κ3) is 8.02. The molecule has 0 heterocycles. The minimum absolute atomic E-state index is 0.168. The summed E-state index contributed by atoms with van der Waals surface area (Å²) in [6.07, 6.45) is 0. The lowest BCUT2D eigenvalue weighted by Crippen LogP contribution is -2.40. The molecule has 7 heteroatoms. The quantitative estimate of drug-likeness (QED) is 0.210. The summed E-state index contributed by atoms with van der Waals surface area (Å²) in [5.74, 6) is 0.694. The van der Waals surface area contributed by atoms with Crippen molar-refractivity contribution in [2.75, 3.05) is 13.4 Å². The second-order valence-corrected chi connectivity index (χ2v) is 21.1. The number of hydrogen-bond acceptors (Lipinski definition) is 3. The lowest BCUT2D eigenvalue weighted by Gasteiger charge is -2.36. The fourth-order valence-electron chi connectivity index (χ4n) is 1.85. The topological polar surface area (TPSA) is 27.7 Å². The Kier molecular flexibility index (Phi) is 8.90. The smallest absolute Gasteiger partial charge is 0.192 e. The van der Waals surface area contributed by atoms with E-state index >= 15 is 0 Å². The van der Waals surface area contributed by atoms with Crippen LogP contribution in [0.5, 0.6) is 5.75 Å². The minimum Gasteiger partial charge on any atom is -0.466 e. The highest BCUT2D eigenvalue weighted by molar-refractivity contribution is 9.10. The first-order chi connectivity index (χ1) is 11.7. The Bertz CT molecular complexity index is 596. The molecule has 0 saturated heterocycles. The van der Waals surface area contributed by atoms with E-state index in [0.29, 0.717) is 17.4 Å². The van der Waals surface area contributed by atoms with E-state index in [1.54, 1.807) is 0 Å². The Morgan fingerprint density at radius 2 is 1.69 bits per heavy atom. The first-order valence-electron chi connectivity index (χ1n) is 9.05. The average molecular weight is 482 g/mol. The molecular weight excluding hydrogens is 448 g/mol. The zero-order chi connectivity index (χ0) is 20.2. The number of ether oxygens (including phenoxy) is 2. The van der Waals surface area contributed by atoms with E-state index in [2.05, 4.69) is 69.4 Å². The zero-order valence-electron chi connectivity index (χ0n) is 17.5. The molecular formula is C19H34BrClO3Si2. The first kappa shape index (κ1) is 24.2. The van der Waals surface area contributed by atoms with Gasteiger partial charge in [-0.25, -0.2) is 0 Å². The van der Waals surface area contributed by atoms with Crippen LogP contribution >= 0.6 is 27.5 Å². The second-order valence-electron chi connectivity index (χ2n) is 9.41. The van der Waals surface area contributed by atoms with Crippen LogP contribution in [0.2, 0.25) is 48.8 Å². The Balaban J connectivity index is 2.70. The van der Waals surface area contributed by atoms with Crippen molar-refractivity contribution < 1.29 is 13.9 Å². The van der Waals surface area contributed by atoms with E-state index in [1.165, 1.54) is 0 Å². The van der Waals surface area contributed by atoms with Crippen molar-refractivity contribution in [2.45, 2.75) is 71.2 Å².